The number of sulfonamides is 1. The fourth-order valence-corrected chi connectivity index (χ4v) is 7.79. The molecule has 0 spiro atoms. The maximum atomic E-state index is 13.1. The number of carbonyl (C=O) groups excluding carboxylic acids is 1. The highest BCUT2D eigenvalue weighted by Crippen LogP contribution is 2.43. The van der Waals surface area contributed by atoms with Gasteiger partial charge < -0.3 is 9.64 Å². The van der Waals surface area contributed by atoms with Crippen molar-refractivity contribution in [3.8, 4) is 5.75 Å². The van der Waals surface area contributed by atoms with E-state index in [9.17, 15) is 13.2 Å². The number of hydrogen-bond acceptors (Lipinski definition) is 5. The van der Waals surface area contributed by atoms with Gasteiger partial charge in [-0.25, -0.2) is 13.1 Å². The zero-order chi connectivity index (χ0) is 27.6. The summed E-state index contributed by atoms with van der Waals surface area (Å²) in [5.74, 6) is 1.51. The Kier molecular flexibility index (Phi) is 8.57. The normalized spacial score (nSPS) is 28.4. The third kappa shape index (κ3) is 6.80. The van der Waals surface area contributed by atoms with Crippen molar-refractivity contribution in [3.05, 3.63) is 70.3 Å². The summed E-state index contributed by atoms with van der Waals surface area (Å²) in [6.45, 7) is 6.31. The lowest BCUT2D eigenvalue weighted by molar-refractivity contribution is 0.0981. The highest BCUT2D eigenvalue weighted by molar-refractivity contribution is 7.90. The van der Waals surface area contributed by atoms with Crippen LogP contribution in [0, 0.1) is 23.7 Å². The lowest BCUT2D eigenvalue weighted by Crippen LogP contribution is -2.41. The maximum absolute atomic E-state index is 13.1. The van der Waals surface area contributed by atoms with Gasteiger partial charge in [0, 0.05) is 23.7 Å². The molecule has 1 saturated carbocycles. The average Bonchev–Trinajstić information content (AvgIpc) is 2.88. The second-order valence-electron chi connectivity index (χ2n) is 11.6. The van der Waals surface area contributed by atoms with Crippen molar-refractivity contribution in [2.75, 3.05) is 23.7 Å². The first-order valence-electron chi connectivity index (χ1n) is 14.2. The lowest BCUT2D eigenvalue weighted by atomic mass is 9.67. The first kappa shape index (κ1) is 28.0. The number of rotatable bonds is 0. The Morgan fingerprint density at radius 3 is 2.69 bits per heavy atom. The summed E-state index contributed by atoms with van der Waals surface area (Å²) in [6, 6.07) is 11.2. The molecule has 39 heavy (non-hydrogen) atoms. The minimum Gasteiger partial charge on any atom is -0.487 e. The van der Waals surface area contributed by atoms with E-state index in [1.807, 2.05) is 37.3 Å². The quantitative estimate of drug-likeness (QED) is 0.372. The molecule has 1 amide bonds. The van der Waals surface area contributed by atoms with Crippen LogP contribution >= 0.6 is 11.6 Å². The fourth-order valence-electron chi connectivity index (χ4n) is 6.23. The average molecular weight is 571 g/mol. The Morgan fingerprint density at radius 1 is 1.05 bits per heavy atom. The predicted molar refractivity (Wildman–Crippen MR) is 157 cm³/mol. The number of aryl methyl sites for hydroxylation is 1. The molecule has 1 aliphatic carbocycles. The largest absolute Gasteiger partial charge is 0.487 e. The smallest absolute Gasteiger partial charge is 0.264 e. The molecule has 1 N–H and O–H groups in total. The summed E-state index contributed by atoms with van der Waals surface area (Å²) < 4.78 is 34.3. The molecule has 2 aromatic rings. The summed E-state index contributed by atoms with van der Waals surface area (Å²) >= 11 is 6.30. The number of ether oxygens (including phenoxy) is 1. The number of amides is 1. The van der Waals surface area contributed by atoms with Gasteiger partial charge in [-0.3, -0.25) is 4.79 Å². The molecule has 2 aromatic carbocycles. The van der Waals surface area contributed by atoms with Crippen LogP contribution in [0.1, 0.15) is 67.4 Å². The van der Waals surface area contributed by atoms with Crippen LogP contribution in [-0.4, -0.2) is 33.2 Å². The topological polar surface area (TPSA) is 75.7 Å². The van der Waals surface area contributed by atoms with Gasteiger partial charge in [0.15, 0.2) is 0 Å². The van der Waals surface area contributed by atoms with E-state index in [-0.39, 0.29) is 11.7 Å². The van der Waals surface area contributed by atoms with Crippen LogP contribution in [0.5, 0.6) is 5.75 Å². The number of nitrogens with zero attached hydrogens (tertiary/aromatic N) is 1. The summed E-state index contributed by atoms with van der Waals surface area (Å²) in [5, 5.41) is 0.730. The fraction of sp³-hybridized carbons (Fsp3) is 0.516. The minimum absolute atomic E-state index is 0.0853. The number of benzene rings is 2. The summed E-state index contributed by atoms with van der Waals surface area (Å²) in [5.41, 5.74) is 3.49. The molecule has 8 heteroatoms. The van der Waals surface area contributed by atoms with Gasteiger partial charge in [-0.1, -0.05) is 43.7 Å². The molecular formula is C31H39ClN2O4S. The Morgan fingerprint density at radius 2 is 1.90 bits per heavy atom. The second kappa shape index (κ2) is 11.9. The number of anilines is 1. The molecule has 2 aliphatic heterocycles. The van der Waals surface area contributed by atoms with Gasteiger partial charge in [-0.15, -0.1) is 0 Å². The number of halogens is 1. The van der Waals surface area contributed by atoms with Gasteiger partial charge in [-0.2, -0.15) is 0 Å². The highest BCUT2D eigenvalue weighted by atomic mass is 35.5. The van der Waals surface area contributed by atoms with Gasteiger partial charge in [0.05, 0.1) is 11.4 Å². The first-order valence-corrected chi connectivity index (χ1v) is 16.2. The molecule has 3 aliphatic rings. The Balaban J connectivity index is 1.52. The van der Waals surface area contributed by atoms with Crippen molar-refractivity contribution in [1.29, 1.82) is 0 Å². The van der Waals surface area contributed by atoms with Crippen LogP contribution in [0.4, 0.5) is 5.69 Å². The third-order valence-corrected chi connectivity index (χ3v) is 10.3. The molecule has 0 radical (unpaired) electrons. The monoisotopic (exact) mass is 570 g/mol. The van der Waals surface area contributed by atoms with Crippen LogP contribution in [0.15, 0.2) is 48.6 Å². The lowest BCUT2D eigenvalue weighted by Gasteiger charge is -2.43. The molecule has 5 rings (SSSR count). The van der Waals surface area contributed by atoms with Crippen molar-refractivity contribution in [1.82, 2.24) is 4.72 Å². The minimum atomic E-state index is -3.77. The van der Waals surface area contributed by atoms with Gasteiger partial charge in [0.2, 0.25) is 10.0 Å². The van der Waals surface area contributed by atoms with Crippen molar-refractivity contribution >= 4 is 33.2 Å². The summed E-state index contributed by atoms with van der Waals surface area (Å²) in [4.78, 5) is 15.5. The van der Waals surface area contributed by atoms with E-state index in [1.165, 1.54) is 18.4 Å². The second-order valence-corrected chi connectivity index (χ2v) is 13.8. The van der Waals surface area contributed by atoms with Gasteiger partial charge >= 0.3 is 0 Å². The number of nitrogens with one attached hydrogen (secondary N) is 1. The van der Waals surface area contributed by atoms with E-state index in [0.717, 1.165) is 48.6 Å². The van der Waals surface area contributed by atoms with E-state index >= 15 is 0 Å². The molecule has 0 saturated heterocycles. The van der Waals surface area contributed by atoms with Gasteiger partial charge in [-0.05, 0) is 104 Å². The van der Waals surface area contributed by atoms with Crippen LogP contribution in [0.3, 0.4) is 0 Å². The van der Waals surface area contributed by atoms with E-state index in [4.69, 9.17) is 16.3 Å². The molecule has 0 aromatic heterocycles. The van der Waals surface area contributed by atoms with E-state index < -0.39 is 15.9 Å². The zero-order valence-electron chi connectivity index (χ0n) is 22.9. The molecule has 6 nitrogen and oxygen atoms in total. The standard InChI is InChI=1S/C31H39ClN2O4S/c1-21-6-5-7-22(2)28-13-10-25(28)18-34-15-4-3-8-23-16-27(32)12-9-26(23)19-38-30-14-11-24(17-29(30)34)31(35)33-39(36,37)20-21/h5,7,9,11-12,14,16-17,21-22,25,28H,3-4,6,8,10,13,15,18-20H2,1-2H3,(H,33,35)/b7-5+/t21-,22-,25-,28-/m0/s1. The Hall–Kier alpha value is -2.51. The van der Waals surface area contributed by atoms with Crippen molar-refractivity contribution < 1.29 is 17.9 Å². The Bertz CT molecular complexity index is 1340. The summed E-state index contributed by atoms with van der Waals surface area (Å²) in [7, 11) is -3.77. The number of carbonyl (C=O) groups is 1. The molecule has 210 valence electrons. The van der Waals surface area contributed by atoms with Crippen molar-refractivity contribution in [2.24, 2.45) is 23.7 Å². The highest BCUT2D eigenvalue weighted by Gasteiger charge is 2.36. The first-order chi connectivity index (χ1) is 18.7. The Labute approximate surface area is 237 Å². The van der Waals surface area contributed by atoms with Crippen LogP contribution in [0.25, 0.3) is 0 Å². The van der Waals surface area contributed by atoms with Crippen LogP contribution in [-0.2, 0) is 23.1 Å². The molecule has 0 unspecified atom stereocenters. The third-order valence-electron chi connectivity index (χ3n) is 8.57. The van der Waals surface area contributed by atoms with Crippen LogP contribution < -0.4 is 14.4 Å². The predicted octanol–water partition coefficient (Wildman–Crippen LogP) is 6.38. The zero-order valence-corrected chi connectivity index (χ0v) is 24.4. The van der Waals surface area contributed by atoms with Crippen LogP contribution in [0.2, 0.25) is 5.02 Å². The SMILES string of the molecule is C[C@H]1C/C=C/[C@H](C)[C@@H]2CC[C@H]2CN2CCCCc3cc(Cl)ccc3COc3ccc(cc32)C(=O)NS(=O)(=O)C1. The van der Waals surface area contributed by atoms with Gasteiger partial charge in [0.1, 0.15) is 12.4 Å². The molecular weight excluding hydrogens is 532 g/mol. The van der Waals surface area contributed by atoms with E-state index in [2.05, 4.69) is 28.7 Å². The maximum Gasteiger partial charge on any atom is 0.264 e. The molecule has 1 fully saturated rings. The number of allylic oxidation sites excluding steroid dienone is 2. The van der Waals surface area contributed by atoms with Crippen molar-refractivity contribution in [2.45, 2.75) is 59.0 Å². The molecule has 2 heterocycles. The summed E-state index contributed by atoms with van der Waals surface area (Å²) in [6.07, 6.45) is 10.4. The van der Waals surface area contributed by atoms with Gasteiger partial charge in [0.25, 0.3) is 5.91 Å². The molecule has 4 atom stereocenters. The molecule has 2 bridgehead atoms. The number of fused-ring (bicyclic) bond motifs is 3. The van der Waals surface area contributed by atoms with Crippen molar-refractivity contribution in [3.63, 3.8) is 0 Å². The van der Waals surface area contributed by atoms with E-state index in [1.54, 1.807) is 6.07 Å². The number of hydrogen-bond donors (Lipinski definition) is 1. The van der Waals surface area contributed by atoms with E-state index in [0.29, 0.717) is 42.1 Å².